The zero-order valence-corrected chi connectivity index (χ0v) is 14.6. The minimum atomic E-state index is -0.464. The topological polar surface area (TPSA) is 67.6 Å². The predicted octanol–water partition coefficient (Wildman–Crippen LogP) is 3.97. The third-order valence-electron chi connectivity index (χ3n) is 3.75. The minimum absolute atomic E-state index is 0.0255. The number of anilines is 1. The summed E-state index contributed by atoms with van der Waals surface area (Å²) in [7, 11) is 5.62. The number of methoxy groups -OCH3 is 1. The Morgan fingerprint density at radius 3 is 2.62 bits per heavy atom. The van der Waals surface area contributed by atoms with E-state index in [1.54, 1.807) is 13.2 Å². The lowest BCUT2D eigenvalue weighted by atomic mass is 10.1. The molecule has 1 unspecified atom stereocenters. The molecule has 1 N–H and O–H groups in total. The zero-order chi connectivity index (χ0) is 17.7. The van der Waals surface area contributed by atoms with Gasteiger partial charge in [-0.05, 0) is 37.9 Å². The first kappa shape index (κ1) is 18.0. The second-order valence-electron chi connectivity index (χ2n) is 5.56. The van der Waals surface area contributed by atoms with Gasteiger partial charge in [-0.15, -0.1) is 0 Å². The van der Waals surface area contributed by atoms with Crippen molar-refractivity contribution in [2.45, 2.75) is 6.04 Å². The number of nitrogens with one attached hydrogen (secondary N) is 1. The number of halogens is 1. The van der Waals surface area contributed by atoms with Crippen LogP contribution in [-0.4, -0.2) is 37.6 Å². The van der Waals surface area contributed by atoms with Gasteiger partial charge in [0.25, 0.3) is 5.69 Å². The summed E-state index contributed by atoms with van der Waals surface area (Å²) in [5, 5.41) is 14.4. The molecule has 0 amide bonds. The van der Waals surface area contributed by atoms with Crippen LogP contribution in [0.5, 0.6) is 5.75 Å². The number of ether oxygens (including phenoxy) is 1. The molecular formula is C17H20ClN3O3. The first-order valence-corrected chi connectivity index (χ1v) is 7.78. The second kappa shape index (κ2) is 7.99. The van der Waals surface area contributed by atoms with Crippen LogP contribution < -0.4 is 10.1 Å². The third-order valence-corrected chi connectivity index (χ3v) is 4.06. The number of benzene rings is 2. The summed E-state index contributed by atoms with van der Waals surface area (Å²) in [5.41, 5.74) is 1.74. The maximum absolute atomic E-state index is 10.8. The van der Waals surface area contributed by atoms with Gasteiger partial charge >= 0.3 is 0 Å². The molecule has 7 heteroatoms. The van der Waals surface area contributed by atoms with Gasteiger partial charge in [0, 0.05) is 18.7 Å². The summed E-state index contributed by atoms with van der Waals surface area (Å²) in [4.78, 5) is 12.4. The van der Waals surface area contributed by atoms with E-state index in [2.05, 4.69) is 10.2 Å². The number of rotatable bonds is 7. The Kier molecular flexibility index (Phi) is 6.00. The fourth-order valence-corrected chi connectivity index (χ4v) is 2.66. The van der Waals surface area contributed by atoms with Gasteiger partial charge in [0.1, 0.15) is 5.75 Å². The van der Waals surface area contributed by atoms with Crippen LogP contribution >= 0.6 is 11.6 Å². The molecule has 0 aliphatic rings. The molecule has 0 aliphatic carbocycles. The highest BCUT2D eigenvalue weighted by atomic mass is 35.5. The Morgan fingerprint density at radius 1 is 1.29 bits per heavy atom. The molecule has 0 saturated carbocycles. The minimum Gasteiger partial charge on any atom is -0.497 e. The first-order valence-electron chi connectivity index (χ1n) is 7.40. The van der Waals surface area contributed by atoms with Crippen LogP contribution in [-0.2, 0) is 0 Å². The maximum atomic E-state index is 10.8. The van der Waals surface area contributed by atoms with Gasteiger partial charge in [-0.2, -0.15) is 0 Å². The van der Waals surface area contributed by atoms with E-state index in [-0.39, 0.29) is 11.7 Å². The Bertz CT molecular complexity index is 722. The van der Waals surface area contributed by atoms with E-state index < -0.39 is 4.92 Å². The molecule has 0 fully saturated rings. The molecule has 0 spiro atoms. The lowest BCUT2D eigenvalue weighted by molar-refractivity contribution is -0.384. The van der Waals surface area contributed by atoms with Crippen LogP contribution in [0.2, 0.25) is 5.02 Å². The van der Waals surface area contributed by atoms with Crippen molar-refractivity contribution in [3.8, 4) is 5.75 Å². The first-order chi connectivity index (χ1) is 11.4. The van der Waals surface area contributed by atoms with Crippen molar-refractivity contribution < 1.29 is 9.66 Å². The van der Waals surface area contributed by atoms with E-state index in [0.717, 1.165) is 11.3 Å². The van der Waals surface area contributed by atoms with E-state index in [9.17, 15) is 10.1 Å². The summed E-state index contributed by atoms with van der Waals surface area (Å²) < 4.78 is 5.28. The fourth-order valence-electron chi connectivity index (χ4n) is 2.41. The van der Waals surface area contributed by atoms with Crippen LogP contribution in [0.4, 0.5) is 11.4 Å². The van der Waals surface area contributed by atoms with E-state index >= 15 is 0 Å². The normalized spacial score (nSPS) is 12.0. The van der Waals surface area contributed by atoms with Crippen molar-refractivity contribution in [2.75, 3.05) is 33.1 Å². The number of likely N-dealkylation sites (N-methyl/N-ethyl adjacent to an activating group) is 1. The lowest BCUT2D eigenvalue weighted by Crippen LogP contribution is -2.27. The predicted molar refractivity (Wildman–Crippen MR) is 96.0 cm³/mol. The molecule has 1 atom stereocenters. The average Bonchev–Trinajstić information content (AvgIpc) is 2.56. The Morgan fingerprint density at radius 2 is 2.04 bits per heavy atom. The summed E-state index contributed by atoms with van der Waals surface area (Å²) in [6.45, 7) is 0.595. The highest BCUT2D eigenvalue weighted by Crippen LogP contribution is 2.28. The van der Waals surface area contributed by atoms with Crippen molar-refractivity contribution in [3.05, 3.63) is 63.2 Å². The Hall–Kier alpha value is -2.31. The lowest BCUT2D eigenvalue weighted by Gasteiger charge is -2.26. The van der Waals surface area contributed by atoms with Crippen molar-refractivity contribution in [1.82, 2.24) is 4.90 Å². The molecule has 0 aliphatic heterocycles. The van der Waals surface area contributed by atoms with E-state index in [4.69, 9.17) is 16.3 Å². The van der Waals surface area contributed by atoms with Crippen LogP contribution in [0.1, 0.15) is 11.6 Å². The van der Waals surface area contributed by atoms with Crippen LogP contribution in [0.3, 0.4) is 0 Å². The Labute approximate surface area is 146 Å². The number of non-ortho nitro benzene ring substituents is 1. The third kappa shape index (κ3) is 4.37. The number of nitro benzene ring substituents is 1. The number of hydrogen-bond donors (Lipinski definition) is 1. The molecule has 2 aromatic rings. The summed E-state index contributed by atoms with van der Waals surface area (Å²) in [6.07, 6.45) is 0. The smallest absolute Gasteiger partial charge is 0.271 e. The summed E-state index contributed by atoms with van der Waals surface area (Å²) in [5.74, 6) is 0.799. The van der Waals surface area contributed by atoms with Crippen LogP contribution in [0, 0.1) is 10.1 Å². The fraction of sp³-hybridized carbons (Fsp3) is 0.294. The monoisotopic (exact) mass is 349 g/mol. The highest BCUT2D eigenvalue weighted by Gasteiger charge is 2.16. The number of hydrogen-bond acceptors (Lipinski definition) is 5. The van der Waals surface area contributed by atoms with Crippen molar-refractivity contribution in [3.63, 3.8) is 0 Å². The number of nitro groups is 1. The molecule has 0 aromatic heterocycles. The molecule has 0 radical (unpaired) electrons. The second-order valence-corrected chi connectivity index (χ2v) is 5.97. The number of nitrogens with zero attached hydrogens (tertiary/aromatic N) is 2. The summed E-state index contributed by atoms with van der Waals surface area (Å²) in [6, 6.07) is 12.4. The molecule has 24 heavy (non-hydrogen) atoms. The molecule has 2 aromatic carbocycles. The van der Waals surface area contributed by atoms with E-state index in [1.165, 1.54) is 12.1 Å². The Balaban J connectivity index is 2.16. The molecular weight excluding hydrogens is 330 g/mol. The van der Waals surface area contributed by atoms with Gasteiger partial charge in [0.15, 0.2) is 0 Å². The van der Waals surface area contributed by atoms with E-state index in [0.29, 0.717) is 17.3 Å². The van der Waals surface area contributed by atoms with Crippen molar-refractivity contribution in [2.24, 2.45) is 0 Å². The molecule has 6 nitrogen and oxygen atoms in total. The van der Waals surface area contributed by atoms with Gasteiger partial charge in [-0.1, -0.05) is 23.7 Å². The van der Waals surface area contributed by atoms with Crippen LogP contribution in [0.15, 0.2) is 42.5 Å². The molecule has 0 saturated heterocycles. The van der Waals surface area contributed by atoms with E-state index in [1.807, 2.05) is 38.4 Å². The molecule has 0 heterocycles. The average molecular weight is 350 g/mol. The quantitative estimate of drug-likeness (QED) is 0.605. The van der Waals surface area contributed by atoms with Gasteiger partial charge in [-0.3, -0.25) is 10.1 Å². The van der Waals surface area contributed by atoms with Crippen LogP contribution in [0.25, 0.3) is 0 Å². The molecule has 128 valence electrons. The van der Waals surface area contributed by atoms with Gasteiger partial charge in [0.05, 0.1) is 28.8 Å². The largest absolute Gasteiger partial charge is 0.497 e. The SMILES string of the molecule is COc1cccc(C(CNc2ccc([N+](=O)[O-])cc2Cl)N(C)C)c1. The van der Waals surface area contributed by atoms with Crippen molar-refractivity contribution >= 4 is 23.0 Å². The van der Waals surface area contributed by atoms with Gasteiger partial charge < -0.3 is 15.0 Å². The maximum Gasteiger partial charge on any atom is 0.271 e. The standard InChI is InChI=1S/C17H20ClN3O3/c1-20(2)17(12-5-4-6-14(9-12)24-3)11-19-16-8-7-13(21(22)23)10-15(16)18/h4-10,17,19H,11H2,1-3H3. The van der Waals surface area contributed by atoms with Crippen molar-refractivity contribution in [1.29, 1.82) is 0 Å². The highest BCUT2D eigenvalue weighted by molar-refractivity contribution is 6.33. The zero-order valence-electron chi connectivity index (χ0n) is 13.8. The molecule has 0 bridgehead atoms. The summed E-state index contributed by atoms with van der Waals surface area (Å²) >= 11 is 6.13. The van der Waals surface area contributed by atoms with Gasteiger partial charge in [0.2, 0.25) is 0 Å². The molecule has 2 rings (SSSR count). The van der Waals surface area contributed by atoms with Gasteiger partial charge in [-0.25, -0.2) is 0 Å².